The molecule has 1 aromatic heterocycles. The van der Waals surface area contributed by atoms with Crippen molar-refractivity contribution in [2.45, 2.75) is 6.54 Å². The van der Waals surface area contributed by atoms with E-state index in [-0.39, 0.29) is 0 Å². The molecule has 1 heterocycles. The van der Waals surface area contributed by atoms with Crippen LogP contribution in [0.15, 0.2) is 91.0 Å². The van der Waals surface area contributed by atoms with Gasteiger partial charge in [-0.15, -0.1) is 0 Å². The van der Waals surface area contributed by atoms with Crippen LogP contribution in [0.5, 0.6) is 0 Å². The highest BCUT2D eigenvalue weighted by Crippen LogP contribution is 2.43. The summed E-state index contributed by atoms with van der Waals surface area (Å²) in [5.41, 5.74) is 5.19. The summed E-state index contributed by atoms with van der Waals surface area (Å²) in [6, 6.07) is 30.7. The van der Waals surface area contributed by atoms with E-state index in [1.54, 1.807) is 0 Å². The van der Waals surface area contributed by atoms with E-state index in [2.05, 4.69) is 41.0 Å². The maximum atomic E-state index is 6.72. The fraction of sp³-hybridized carbons (Fsp3) is 0.0435. The molecule has 0 aliphatic heterocycles. The molecule has 0 aliphatic rings. The van der Waals surface area contributed by atoms with E-state index in [1.165, 1.54) is 5.56 Å². The molecule has 3 aromatic carbocycles. The van der Waals surface area contributed by atoms with Crippen molar-refractivity contribution in [3.8, 4) is 22.5 Å². The molecule has 26 heavy (non-hydrogen) atoms. The zero-order valence-corrected chi connectivity index (χ0v) is 15.6. The Morgan fingerprint density at radius 1 is 0.538 bits per heavy atom. The van der Waals surface area contributed by atoms with E-state index < -0.39 is 0 Å². The first kappa shape index (κ1) is 17.0. The minimum atomic E-state index is 0.590. The molecule has 0 spiro atoms. The van der Waals surface area contributed by atoms with Crippen LogP contribution in [0.4, 0.5) is 0 Å². The quantitative estimate of drug-likeness (QED) is 0.355. The van der Waals surface area contributed by atoms with Gasteiger partial charge in [-0.05, 0) is 16.7 Å². The largest absolute Gasteiger partial charge is 0.333 e. The van der Waals surface area contributed by atoms with Crippen molar-refractivity contribution >= 4 is 23.2 Å². The molecule has 0 atom stereocenters. The third-order valence-electron chi connectivity index (χ3n) is 4.43. The predicted octanol–water partition coefficient (Wildman–Crippen LogP) is 7.18. The van der Waals surface area contributed by atoms with Gasteiger partial charge < -0.3 is 4.57 Å². The average molecular weight is 378 g/mol. The van der Waals surface area contributed by atoms with Crippen LogP contribution < -0.4 is 0 Å². The predicted molar refractivity (Wildman–Crippen MR) is 111 cm³/mol. The lowest BCUT2D eigenvalue weighted by Crippen LogP contribution is -2.04. The fourth-order valence-electron chi connectivity index (χ4n) is 3.24. The summed E-state index contributed by atoms with van der Waals surface area (Å²) in [5.74, 6) is 0. The van der Waals surface area contributed by atoms with Gasteiger partial charge in [-0.2, -0.15) is 0 Å². The molecule has 0 N–H and O–H groups in total. The van der Waals surface area contributed by atoms with Crippen LogP contribution in [-0.2, 0) is 6.54 Å². The summed E-state index contributed by atoms with van der Waals surface area (Å²) in [5, 5.41) is 1.18. The first-order chi connectivity index (χ1) is 12.8. The van der Waals surface area contributed by atoms with Gasteiger partial charge in [-0.1, -0.05) is 114 Å². The Labute approximate surface area is 163 Å². The molecular weight excluding hydrogens is 361 g/mol. The van der Waals surface area contributed by atoms with Gasteiger partial charge in [0.1, 0.15) is 0 Å². The third-order valence-corrected chi connectivity index (χ3v) is 5.26. The van der Waals surface area contributed by atoms with Crippen molar-refractivity contribution in [1.29, 1.82) is 0 Å². The van der Waals surface area contributed by atoms with Crippen LogP contribution in [0.2, 0.25) is 10.0 Å². The summed E-state index contributed by atoms with van der Waals surface area (Å²) < 4.78 is 2.21. The number of aromatic nitrogens is 1. The van der Waals surface area contributed by atoms with Gasteiger partial charge in [0.15, 0.2) is 0 Å². The highest BCUT2D eigenvalue weighted by atomic mass is 35.5. The molecule has 0 radical (unpaired) electrons. The normalized spacial score (nSPS) is 10.8. The Bertz CT molecular complexity index is 944. The molecule has 128 valence electrons. The maximum absolute atomic E-state index is 6.72. The molecule has 0 saturated heterocycles. The maximum Gasteiger partial charge on any atom is 0.0857 e. The lowest BCUT2D eigenvalue weighted by atomic mass is 10.1. The lowest BCUT2D eigenvalue weighted by Gasteiger charge is -2.14. The first-order valence-electron chi connectivity index (χ1n) is 8.48. The van der Waals surface area contributed by atoms with Gasteiger partial charge in [0.25, 0.3) is 0 Å². The molecule has 1 nitrogen and oxygen atoms in total. The molecule has 0 fully saturated rings. The average Bonchev–Trinajstić information content (AvgIpc) is 2.94. The Hall–Kier alpha value is -2.48. The third kappa shape index (κ3) is 3.16. The van der Waals surface area contributed by atoms with Crippen LogP contribution in [-0.4, -0.2) is 4.57 Å². The van der Waals surface area contributed by atoms with Crippen LogP contribution in [0.25, 0.3) is 22.5 Å². The van der Waals surface area contributed by atoms with Gasteiger partial charge in [0.2, 0.25) is 0 Å². The zero-order valence-electron chi connectivity index (χ0n) is 14.1. The Morgan fingerprint density at radius 2 is 0.923 bits per heavy atom. The highest BCUT2D eigenvalue weighted by Gasteiger charge is 2.22. The molecule has 4 rings (SSSR count). The second-order valence-electron chi connectivity index (χ2n) is 6.13. The van der Waals surface area contributed by atoms with Crippen LogP contribution in [0.3, 0.4) is 0 Å². The Balaban J connectivity index is 1.97. The highest BCUT2D eigenvalue weighted by molar-refractivity contribution is 6.45. The number of hydrogen-bond acceptors (Lipinski definition) is 0. The van der Waals surface area contributed by atoms with Gasteiger partial charge in [-0.3, -0.25) is 0 Å². The number of nitrogens with zero attached hydrogens (tertiary/aromatic N) is 1. The number of rotatable bonds is 4. The first-order valence-corrected chi connectivity index (χ1v) is 9.23. The summed E-state index contributed by atoms with van der Waals surface area (Å²) >= 11 is 13.4. The van der Waals surface area contributed by atoms with E-state index in [0.717, 1.165) is 22.5 Å². The van der Waals surface area contributed by atoms with E-state index in [4.69, 9.17) is 23.2 Å². The monoisotopic (exact) mass is 377 g/mol. The van der Waals surface area contributed by atoms with Crippen LogP contribution in [0, 0.1) is 0 Å². The van der Waals surface area contributed by atoms with Crippen molar-refractivity contribution in [2.24, 2.45) is 0 Å². The van der Waals surface area contributed by atoms with Gasteiger partial charge in [0.05, 0.1) is 21.4 Å². The van der Waals surface area contributed by atoms with Crippen LogP contribution >= 0.6 is 23.2 Å². The fourth-order valence-corrected chi connectivity index (χ4v) is 3.84. The lowest BCUT2D eigenvalue weighted by molar-refractivity contribution is 0.822. The van der Waals surface area contributed by atoms with E-state index in [1.807, 2.05) is 54.6 Å². The molecule has 4 aromatic rings. The van der Waals surface area contributed by atoms with E-state index >= 15 is 0 Å². The van der Waals surface area contributed by atoms with Gasteiger partial charge in [-0.25, -0.2) is 0 Å². The minimum Gasteiger partial charge on any atom is -0.333 e. The Kier molecular flexibility index (Phi) is 4.83. The number of halogens is 2. The molecule has 0 unspecified atom stereocenters. The topological polar surface area (TPSA) is 4.93 Å². The van der Waals surface area contributed by atoms with Crippen molar-refractivity contribution in [3.63, 3.8) is 0 Å². The van der Waals surface area contributed by atoms with Gasteiger partial charge >= 0.3 is 0 Å². The SMILES string of the molecule is Clc1c(Cl)c(-c2ccccc2)n(Cc2ccccc2)c1-c1ccccc1. The van der Waals surface area contributed by atoms with Gasteiger partial charge in [0, 0.05) is 6.54 Å². The minimum absolute atomic E-state index is 0.590. The van der Waals surface area contributed by atoms with Crippen molar-refractivity contribution < 1.29 is 0 Å². The second-order valence-corrected chi connectivity index (χ2v) is 6.88. The van der Waals surface area contributed by atoms with Crippen LogP contribution in [0.1, 0.15) is 5.56 Å². The summed E-state index contributed by atoms with van der Waals surface area (Å²) in [6.45, 7) is 0.696. The van der Waals surface area contributed by atoms with Crippen molar-refractivity contribution in [2.75, 3.05) is 0 Å². The molecule has 0 amide bonds. The standard InChI is InChI=1S/C23H17Cl2N/c24-20-21(25)23(19-14-8-3-9-15-19)26(16-17-10-4-1-5-11-17)22(20)18-12-6-2-7-13-18/h1-15H,16H2. The molecule has 0 saturated carbocycles. The molecule has 0 bridgehead atoms. The zero-order chi connectivity index (χ0) is 17.9. The molecule has 3 heteroatoms. The van der Waals surface area contributed by atoms with Crippen molar-refractivity contribution in [3.05, 3.63) is 107 Å². The van der Waals surface area contributed by atoms with Crippen molar-refractivity contribution in [1.82, 2.24) is 4.57 Å². The number of hydrogen-bond donors (Lipinski definition) is 0. The Morgan fingerprint density at radius 3 is 1.35 bits per heavy atom. The second kappa shape index (κ2) is 7.41. The molecule has 0 aliphatic carbocycles. The molecular formula is C23H17Cl2N. The van der Waals surface area contributed by atoms with E-state index in [9.17, 15) is 0 Å². The summed E-state index contributed by atoms with van der Waals surface area (Å²) in [6.07, 6.45) is 0. The smallest absolute Gasteiger partial charge is 0.0857 e. The number of benzene rings is 3. The summed E-state index contributed by atoms with van der Waals surface area (Å²) in [7, 11) is 0. The summed E-state index contributed by atoms with van der Waals surface area (Å²) in [4.78, 5) is 0. The van der Waals surface area contributed by atoms with E-state index in [0.29, 0.717) is 16.6 Å².